The first-order chi connectivity index (χ1) is 15.7. The fourth-order valence-corrected chi connectivity index (χ4v) is 4.33. The maximum absolute atomic E-state index is 12.5. The molecule has 1 heterocycles. The van der Waals surface area contributed by atoms with E-state index < -0.39 is 0 Å². The fourth-order valence-electron chi connectivity index (χ4n) is 3.12. The van der Waals surface area contributed by atoms with Gasteiger partial charge in [-0.3, -0.25) is 9.36 Å². The van der Waals surface area contributed by atoms with Gasteiger partial charge in [0.1, 0.15) is 5.75 Å². The van der Waals surface area contributed by atoms with E-state index in [-0.39, 0.29) is 11.7 Å². The number of amides is 1. The summed E-state index contributed by atoms with van der Waals surface area (Å²) < 4.78 is 8.33. The first-order valence-corrected chi connectivity index (χ1v) is 11.8. The number of rotatable bonds is 8. The highest BCUT2D eigenvalue weighted by Gasteiger charge is 2.18. The number of carbonyl (C=O) groups excluding carboxylic acids is 1. The molecule has 32 heavy (non-hydrogen) atoms. The molecule has 0 radical (unpaired) electrons. The number of ether oxygens (including phenoxy) is 1. The monoisotopic (exact) mass is 508 g/mol. The van der Waals surface area contributed by atoms with Crippen LogP contribution in [0.1, 0.15) is 6.92 Å². The number of benzene rings is 3. The predicted molar refractivity (Wildman–Crippen MR) is 131 cm³/mol. The van der Waals surface area contributed by atoms with Crippen LogP contribution >= 0.6 is 27.7 Å². The number of aromatic nitrogens is 3. The first kappa shape index (κ1) is 22.1. The number of thioether (sulfide) groups is 1. The molecule has 162 valence electrons. The molecule has 0 unspecified atom stereocenters. The Hall–Kier alpha value is -3.10. The quantitative estimate of drug-likeness (QED) is 0.303. The van der Waals surface area contributed by atoms with Crippen LogP contribution in [0.3, 0.4) is 0 Å². The first-order valence-electron chi connectivity index (χ1n) is 10.1. The summed E-state index contributed by atoms with van der Waals surface area (Å²) in [7, 11) is 0. The standard InChI is InChI=1S/C24H21BrN4O2S/c1-2-31-19-14-12-17(13-15-19)26-22(30)16-32-24-28-27-23(20-10-6-7-11-21(20)25)29(24)18-8-4-3-5-9-18/h3-15H,2,16H2,1H3,(H,26,30). The summed E-state index contributed by atoms with van der Waals surface area (Å²) in [5.41, 5.74) is 2.57. The average molecular weight is 509 g/mol. The molecule has 1 N–H and O–H groups in total. The molecule has 0 aliphatic heterocycles. The van der Waals surface area contributed by atoms with E-state index in [1.165, 1.54) is 11.8 Å². The van der Waals surface area contributed by atoms with E-state index in [1.807, 2.05) is 90.4 Å². The molecule has 3 aromatic carbocycles. The number of anilines is 1. The third-order valence-electron chi connectivity index (χ3n) is 4.54. The molecule has 6 nitrogen and oxygen atoms in total. The van der Waals surface area contributed by atoms with E-state index in [4.69, 9.17) is 4.74 Å². The molecule has 0 spiro atoms. The highest BCUT2D eigenvalue weighted by Crippen LogP contribution is 2.32. The van der Waals surface area contributed by atoms with E-state index in [1.54, 1.807) is 0 Å². The molecule has 0 saturated carbocycles. The summed E-state index contributed by atoms with van der Waals surface area (Å²) in [5, 5.41) is 12.4. The molecule has 0 atom stereocenters. The van der Waals surface area contributed by atoms with E-state index in [0.717, 1.165) is 27.2 Å². The summed E-state index contributed by atoms with van der Waals surface area (Å²) in [6, 6.07) is 25.1. The van der Waals surface area contributed by atoms with Crippen molar-refractivity contribution >= 4 is 39.3 Å². The Morgan fingerprint density at radius 1 is 1.00 bits per heavy atom. The summed E-state index contributed by atoms with van der Waals surface area (Å²) in [5.74, 6) is 1.56. The van der Waals surface area contributed by atoms with Crippen molar-refractivity contribution in [2.45, 2.75) is 12.1 Å². The molecule has 1 amide bonds. The fraction of sp³-hybridized carbons (Fsp3) is 0.125. The van der Waals surface area contributed by atoms with Gasteiger partial charge in [-0.2, -0.15) is 0 Å². The van der Waals surface area contributed by atoms with Gasteiger partial charge in [-0.25, -0.2) is 0 Å². The molecule has 4 aromatic rings. The minimum Gasteiger partial charge on any atom is -0.494 e. The Morgan fingerprint density at radius 2 is 1.72 bits per heavy atom. The van der Waals surface area contributed by atoms with Gasteiger partial charge in [0, 0.05) is 21.4 Å². The lowest BCUT2D eigenvalue weighted by atomic mass is 10.2. The van der Waals surface area contributed by atoms with Gasteiger partial charge < -0.3 is 10.1 Å². The third kappa shape index (κ3) is 5.20. The Kier molecular flexibility index (Phi) is 7.24. The SMILES string of the molecule is CCOc1ccc(NC(=O)CSc2nnc(-c3ccccc3Br)n2-c2ccccc2)cc1. The van der Waals surface area contributed by atoms with Crippen LogP contribution in [0.4, 0.5) is 5.69 Å². The van der Waals surface area contributed by atoms with Crippen molar-refractivity contribution in [1.82, 2.24) is 14.8 Å². The molecule has 0 aliphatic rings. The third-order valence-corrected chi connectivity index (χ3v) is 6.16. The van der Waals surface area contributed by atoms with Crippen LogP contribution in [0.5, 0.6) is 5.75 Å². The molecular formula is C24H21BrN4O2S. The summed E-state index contributed by atoms with van der Waals surface area (Å²) in [4.78, 5) is 12.5. The molecule has 1 aromatic heterocycles. The molecule has 0 fully saturated rings. The number of nitrogens with zero attached hydrogens (tertiary/aromatic N) is 3. The van der Waals surface area contributed by atoms with Crippen molar-refractivity contribution in [3.05, 3.63) is 83.3 Å². The van der Waals surface area contributed by atoms with Crippen molar-refractivity contribution in [2.24, 2.45) is 0 Å². The molecular weight excluding hydrogens is 488 g/mol. The summed E-state index contributed by atoms with van der Waals surface area (Å²) in [6.45, 7) is 2.54. The lowest BCUT2D eigenvalue weighted by Gasteiger charge is -2.11. The highest BCUT2D eigenvalue weighted by atomic mass is 79.9. The molecule has 0 saturated heterocycles. The lowest BCUT2D eigenvalue weighted by molar-refractivity contribution is -0.113. The van der Waals surface area contributed by atoms with Gasteiger partial charge in [-0.15, -0.1) is 10.2 Å². The van der Waals surface area contributed by atoms with Crippen LogP contribution in [-0.2, 0) is 4.79 Å². The van der Waals surface area contributed by atoms with Gasteiger partial charge in [0.25, 0.3) is 0 Å². The normalized spacial score (nSPS) is 10.7. The minimum absolute atomic E-state index is 0.121. The van der Waals surface area contributed by atoms with E-state index >= 15 is 0 Å². The van der Waals surface area contributed by atoms with Gasteiger partial charge in [0.05, 0.1) is 12.4 Å². The number of halogens is 1. The van der Waals surface area contributed by atoms with Gasteiger partial charge in [-0.05, 0) is 49.4 Å². The summed E-state index contributed by atoms with van der Waals surface area (Å²) >= 11 is 4.94. The Morgan fingerprint density at radius 3 is 2.44 bits per heavy atom. The number of para-hydroxylation sites is 1. The van der Waals surface area contributed by atoms with Crippen LogP contribution in [0.2, 0.25) is 0 Å². The summed E-state index contributed by atoms with van der Waals surface area (Å²) in [6.07, 6.45) is 0. The van der Waals surface area contributed by atoms with Gasteiger partial charge in [-0.1, -0.05) is 64.1 Å². The number of hydrogen-bond donors (Lipinski definition) is 1. The molecule has 4 rings (SSSR count). The van der Waals surface area contributed by atoms with Crippen molar-refractivity contribution in [1.29, 1.82) is 0 Å². The van der Waals surface area contributed by atoms with Gasteiger partial charge in [0.15, 0.2) is 11.0 Å². The molecule has 0 aliphatic carbocycles. The zero-order valence-corrected chi connectivity index (χ0v) is 19.8. The van der Waals surface area contributed by atoms with Crippen molar-refractivity contribution in [3.63, 3.8) is 0 Å². The smallest absolute Gasteiger partial charge is 0.234 e. The van der Waals surface area contributed by atoms with Gasteiger partial charge in [0.2, 0.25) is 5.91 Å². The number of carbonyl (C=O) groups is 1. The van der Waals surface area contributed by atoms with Crippen LogP contribution < -0.4 is 10.1 Å². The van der Waals surface area contributed by atoms with Crippen LogP contribution in [0.15, 0.2) is 88.5 Å². The Bertz CT molecular complexity index is 1200. The van der Waals surface area contributed by atoms with Crippen molar-refractivity contribution < 1.29 is 9.53 Å². The van der Waals surface area contributed by atoms with Crippen LogP contribution in [0.25, 0.3) is 17.1 Å². The second-order valence-electron chi connectivity index (χ2n) is 6.75. The van der Waals surface area contributed by atoms with E-state index in [9.17, 15) is 4.79 Å². The highest BCUT2D eigenvalue weighted by molar-refractivity contribution is 9.10. The van der Waals surface area contributed by atoms with Crippen LogP contribution in [0, 0.1) is 0 Å². The molecule has 8 heteroatoms. The number of hydrogen-bond acceptors (Lipinski definition) is 5. The van der Waals surface area contributed by atoms with Crippen molar-refractivity contribution in [2.75, 3.05) is 17.7 Å². The topological polar surface area (TPSA) is 69.0 Å². The zero-order chi connectivity index (χ0) is 22.3. The Balaban J connectivity index is 1.53. The van der Waals surface area contributed by atoms with Crippen LogP contribution in [-0.4, -0.2) is 33.0 Å². The van der Waals surface area contributed by atoms with E-state index in [2.05, 4.69) is 31.4 Å². The van der Waals surface area contributed by atoms with E-state index in [0.29, 0.717) is 17.6 Å². The van der Waals surface area contributed by atoms with Crippen molar-refractivity contribution in [3.8, 4) is 22.8 Å². The Labute approximate surface area is 199 Å². The molecule has 0 bridgehead atoms. The minimum atomic E-state index is -0.121. The predicted octanol–water partition coefficient (Wildman–Crippen LogP) is 5.83. The average Bonchev–Trinajstić information content (AvgIpc) is 3.24. The maximum atomic E-state index is 12.5. The second kappa shape index (κ2) is 10.5. The second-order valence-corrected chi connectivity index (χ2v) is 8.55. The van der Waals surface area contributed by atoms with Gasteiger partial charge >= 0.3 is 0 Å². The zero-order valence-electron chi connectivity index (χ0n) is 17.4. The number of nitrogens with one attached hydrogen (secondary N) is 1. The largest absolute Gasteiger partial charge is 0.494 e. The maximum Gasteiger partial charge on any atom is 0.234 e. The lowest BCUT2D eigenvalue weighted by Crippen LogP contribution is -2.14.